The summed E-state index contributed by atoms with van der Waals surface area (Å²) in [5.41, 5.74) is 0. The number of aliphatic hydroxyl groups excluding tert-OH is 1. The van der Waals surface area contributed by atoms with Gasteiger partial charge in [0.2, 0.25) is 6.10 Å². The molecule has 0 saturated carbocycles. The van der Waals surface area contributed by atoms with Crippen molar-refractivity contribution in [2.75, 3.05) is 13.2 Å². The number of amides is 1. The second-order valence-corrected chi connectivity index (χ2v) is 7.17. The molecule has 1 fully saturated rings. The van der Waals surface area contributed by atoms with Crippen molar-refractivity contribution in [3.63, 3.8) is 0 Å². The topological polar surface area (TPSA) is 72.1 Å². The van der Waals surface area contributed by atoms with Gasteiger partial charge in [-0.15, -0.1) is 0 Å². The van der Waals surface area contributed by atoms with Crippen molar-refractivity contribution >= 4 is 5.91 Å². The zero-order chi connectivity index (χ0) is 18.6. The number of furan rings is 1. The third-order valence-electron chi connectivity index (χ3n) is 5.31. The first-order chi connectivity index (χ1) is 13.2. The van der Waals surface area contributed by atoms with Gasteiger partial charge in [0, 0.05) is 19.0 Å². The zero-order valence-electron chi connectivity index (χ0n) is 15.3. The lowest BCUT2D eigenvalue weighted by molar-refractivity contribution is -0.144. The standard InChI is InChI=1S/C21H25NO5/c23-16(17-10-6-12-25-17)13-15-7-2-1-5-11-22(15)21(24)20-14-26-18-8-3-4-9-19(18)27-20/h3-4,6,8-10,12,15-16,20,23H,1-2,5,7,11,13-14H2/t15-,16+,20-/m0/s1. The molecule has 0 radical (unpaired) electrons. The van der Waals surface area contributed by atoms with Gasteiger partial charge < -0.3 is 23.9 Å². The molecule has 1 aromatic heterocycles. The van der Waals surface area contributed by atoms with Crippen molar-refractivity contribution in [1.29, 1.82) is 0 Å². The maximum Gasteiger partial charge on any atom is 0.267 e. The van der Waals surface area contributed by atoms with E-state index in [2.05, 4.69) is 0 Å². The molecular formula is C21H25NO5. The summed E-state index contributed by atoms with van der Waals surface area (Å²) in [6.45, 7) is 0.885. The lowest BCUT2D eigenvalue weighted by Gasteiger charge is -2.35. The van der Waals surface area contributed by atoms with E-state index < -0.39 is 12.2 Å². The van der Waals surface area contributed by atoms with Gasteiger partial charge in [-0.3, -0.25) is 4.79 Å². The average molecular weight is 371 g/mol. The van der Waals surface area contributed by atoms with Gasteiger partial charge in [0.15, 0.2) is 11.5 Å². The third kappa shape index (κ3) is 3.95. The van der Waals surface area contributed by atoms with E-state index >= 15 is 0 Å². The lowest BCUT2D eigenvalue weighted by Crippen LogP contribution is -2.50. The van der Waals surface area contributed by atoms with Gasteiger partial charge in [0.05, 0.1) is 6.26 Å². The summed E-state index contributed by atoms with van der Waals surface area (Å²) in [6.07, 6.45) is 4.61. The lowest BCUT2D eigenvalue weighted by atomic mass is 10.0. The zero-order valence-corrected chi connectivity index (χ0v) is 15.3. The van der Waals surface area contributed by atoms with Crippen LogP contribution in [0.4, 0.5) is 0 Å². The fourth-order valence-corrected chi connectivity index (χ4v) is 3.89. The third-order valence-corrected chi connectivity index (χ3v) is 5.31. The highest BCUT2D eigenvalue weighted by Gasteiger charge is 2.36. The molecule has 0 spiro atoms. The Kier molecular flexibility index (Phi) is 5.34. The van der Waals surface area contributed by atoms with E-state index in [0.29, 0.717) is 30.2 Å². The number of aliphatic hydroxyl groups is 1. The largest absolute Gasteiger partial charge is 0.485 e. The van der Waals surface area contributed by atoms with E-state index in [-0.39, 0.29) is 18.6 Å². The fraction of sp³-hybridized carbons (Fsp3) is 0.476. The summed E-state index contributed by atoms with van der Waals surface area (Å²) in [7, 11) is 0. The molecule has 3 heterocycles. The van der Waals surface area contributed by atoms with E-state index in [0.717, 1.165) is 25.7 Å². The average Bonchev–Trinajstić information content (AvgIpc) is 3.15. The number of fused-ring (bicyclic) bond motifs is 1. The highest BCUT2D eigenvalue weighted by Crippen LogP contribution is 2.33. The summed E-state index contributed by atoms with van der Waals surface area (Å²) in [4.78, 5) is 15.1. The van der Waals surface area contributed by atoms with E-state index in [1.165, 1.54) is 0 Å². The highest BCUT2D eigenvalue weighted by atomic mass is 16.6. The Hall–Kier alpha value is -2.47. The molecule has 6 heteroatoms. The predicted octanol–water partition coefficient (Wildman–Crippen LogP) is 3.31. The van der Waals surface area contributed by atoms with Crippen molar-refractivity contribution in [1.82, 2.24) is 4.90 Å². The molecule has 2 aliphatic rings. The maximum atomic E-state index is 13.2. The van der Waals surface area contributed by atoms with E-state index in [1.807, 2.05) is 29.2 Å². The van der Waals surface area contributed by atoms with Crippen LogP contribution in [-0.4, -0.2) is 41.2 Å². The maximum absolute atomic E-state index is 13.2. The van der Waals surface area contributed by atoms with E-state index in [4.69, 9.17) is 13.9 Å². The Morgan fingerprint density at radius 1 is 1.15 bits per heavy atom. The first kappa shape index (κ1) is 17.9. The first-order valence-corrected chi connectivity index (χ1v) is 9.63. The molecule has 2 aliphatic heterocycles. The molecule has 0 unspecified atom stereocenters. The second kappa shape index (κ2) is 8.05. The Labute approximate surface area is 158 Å². The SMILES string of the molecule is O=C([C@@H]1COc2ccccc2O1)N1CCCCC[C@H]1C[C@@H](O)c1ccco1. The number of benzene rings is 1. The Balaban J connectivity index is 1.48. The normalized spacial score (nSPS) is 23.5. The van der Waals surface area contributed by atoms with Crippen LogP contribution in [-0.2, 0) is 4.79 Å². The van der Waals surface area contributed by atoms with E-state index in [1.54, 1.807) is 18.4 Å². The molecule has 1 amide bonds. The Bertz CT molecular complexity index is 760. The molecule has 144 valence electrons. The van der Waals surface area contributed by atoms with Gasteiger partial charge in [-0.2, -0.15) is 0 Å². The summed E-state index contributed by atoms with van der Waals surface area (Å²) < 4.78 is 17.0. The van der Waals surface area contributed by atoms with Crippen molar-refractivity contribution < 1.29 is 23.8 Å². The number of rotatable bonds is 4. The Morgan fingerprint density at radius 2 is 2.00 bits per heavy atom. The Morgan fingerprint density at radius 3 is 2.81 bits per heavy atom. The fourth-order valence-electron chi connectivity index (χ4n) is 3.89. The highest BCUT2D eigenvalue weighted by molar-refractivity contribution is 5.82. The molecule has 1 saturated heterocycles. The van der Waals surface area contributed by atoms with Crippen molar-refractivity contribution in [3.8, 4) is 11.5 Å². The van der Waals surface area contributed by atoms with Crippen LogP contribution in [0, 0.1) is 0 Å². The van der Waals surface area contributed by atoms with Crippen LogP contribution in [0.1, 0.15) is 44.0 Å². The first-order valence-electron chi connectivity index (χ1n) is 9.63. The molecule has 0 aliphatic carbocycles. The van der Waals surface area contributed by atoms with Crippen LogP contribution < -0.4 is 9.47 Å². The number of carbonyl (C=O) groups is 1. The quantitative estimate of drug-likeness (QED) is 0.893. The van der Waals surface area contributed by atoms with Crippen LogP contribution in [0.15, 0.2) is 47.1 Å². The van der Waals surface area contributed by atoms with Gasteiger partial charge >= 0.3 is 0 Å². The summed E-state index contributed by atoms with van der Waals surface area (Å²) in [5.74, 6) is 1.74. The number of ether oxygens (including phenoxy) is 2. The second-order valence-electron chi connectivity index (χ2n) is 7.17. The molecule has 2 aromatic rings. The molecule has 3 atom stereocenters. The number of carbonyl (C=O) groups excluding carboxylic acids is 1. The van der Waals surface area contributed by atoms with Crippen molar-refractivity contribution in [2.24, 2.45) is 0 Å². The number of likely N-dealkylation sites (tertiary alicyclic amines) is 1. The minimum Gasteiger partial charge on any atom is -0.485 e. The van der Waals surface area contributed by atoms with Gasteiger partial charge in [-0.05, 0) is 37.1 Å². The number of para-hydroxylation sites is 2. The van der Waals surface area contributed by atoms with Crippen LogP contribution in [0.5, 0.6) is 11.5 Å². The molecule has 0 bridgehead atoms. The molecular weight excluding hydrogens is 346 g/mol. The van der Waals surface area contributed by atoms with Crippen LogP contribution >= 0.6 is 0 Å². The van der Waals surface area contributed by atoms with Crippen LogP contribution in [0.25, 0.3) is 0 Å². The van der Waals surface area contributed by atoms with Gasteiger partial charge in [-0.1, -0.05) is 25.0 Å². The van der Waals surface area contributed by atoms with Crippen LogP contribution in [0.2, 0.25) is 0 Å². The van der Waals surface area contributed by atoms with Crippen molar-refractivity contribution in [3.05, 3.63) is 48.4 Å². The molecule has 4 rings (SSSR count). The minimum absolute atomic E-state index is 0.0409. The van der Waals surface area contributed by atoms with Gasteiger partial charge in [-0.25, -0.2) is 0 Å². The van der Waals surface area contributed by atoms with Gasteiger partial charge in [0.25, 0.3) is 5.91 Å². The molecule has 1 aromatic carbocycles. The molecule has 6 nitrogen and oxygen atoms in total. The molecule has 27 heavy (non-hydrogen) atoms. The predicted molar refractivity (Wildman–Crippen MR) is 98.6 cm³/mol. The number of hydrogen-bond acceptors (Lipinski definition) is 5. The number of nitrogens with zero attached hydrogens (tertiary/aromatic N) is 1. The van der Waals surface area contributed by atoms with Gasteiger partial charge in [0.1, 0.15) is 18.5 Å². The number of hydrogen-bond donors (Lipinski definition) is 1. The summed E-state index contributed by atoms with van der Waals surface area (Å²) in [6, 6.07) is 10.9. The van der Waals surface area contributed by atoms with Crippen LogP contribution in [0.3, 0.4) is 0 Å². The van der Waals surface area contributed by atoms with E-state index in [9.17, 15) is 9.90 Å². The minimum atomic E-state index is -0.720. The smallest absolute Gasteiger partial charge is 0.267 e. The molecule has 1 N–H and O–H groups in total. The summed E-state index contributed by atoms with van der Waals surface area (Å²) in [5, 5.41) is 10.5. The monoisotopic (exact) mass is 371 g/mol. The summed E-state index contributed by atoms with van der Waals surface area (Å²) >= 11 is 0. The van der Waals surface area contributed by atoms with Crippen molar-refractivity contribution in [2.45, 2.75) is 50.4 Å².